The number of para-hydroxylation sites is 1. The minimum absolute atomic E-state index is 0.144. The second-order valence-corrected chi connectivity index (χ2v) is 7.83. The van der Waals surface area contributed by atoms with Crippen molar-refractivity contribution >= 4 is 11.8 Å². The van der Waals surface area contributed by atoms with Crippen molar-refractivity contribution in [3.8, 4) is 5.75 Å². The maximum atomic E-state index is 12.9. The van der Waals surface area contributed by atoms with Gasteiger partial charge in [-0.2, -0.15) is 0 Å². The van der Waals surface area contributed by atoms with Crippen LogP contribution in [-0.2, 0) is 11.2 Å². The Bertz CT molecular complexity index is 1060. The van der Waals surface area contributed by atoms with Crippen molar-refractivity contribution in [2.24, 2.45) is 0 Å². The maximum Gasteiger partial charge on any atom is 0.275 e. The number of methoxy groups -OCH3 is 1. The van der Waals surface area contributed by atoms with Crippen molar-refractivity contribution in [2.45, 2.75) is 31.7 Å². The van der Waals surface area contributed by atoms with Crippen LogP contribution in [0.15, 0.2) is 65.3 Å². The lowest BCUT2D eigenvalue weighted by Gasteiger charge is -2.25. The van der Waals surface area contributed by atoms with Gasteiger partial charge >= 0.3 is 0 Å². The van der Waals surface area contributed by atoms with E-state index in [9.17, 15) is 9.59 Å². The summed E-state index contributed by atoms with van der Waals surface area (Å²) in [4.78, 5) is 32.0. The summed E-state index contributed by atoms with van der Waals surface area (Å²) in [7, 11) is 1.57. The minimum Gasteiger partial charge on any atom is -0.496 e. The summed E-state index contributed by atoms with van der Waals surface area (Å²) < 4.78 is 11.2. The smallest absolute Gasteiger partial charge is 0.275 e. The Balaban J connectivity index is 1.60. The molecule has 0 radical (unpaired) electrons. The highest BCUT2D eigenvalue weighted by atomic mass is 16.5. The van der Waals surface area contributed by atoms with Gasteiger partial charge in [0.05, 0.1) is 13.5 Å². The summed E-state index contributed by atoms with van der Waals surface area (Å²) in [6, 6.07) is 16.2. The number of hydrogen-bond acceptors (Lipinski definition) is 5. The van der Waals surface area contributed by atoms with E-state index in [1.54, 1.807) is 12.0 Å². The molecular weight excluding hydrogens is 406 g/mol. The Morgan fingerprint density at radius 3 is 2.53 bits per heavy atom. The van der Waals surface area contributed by atoms with Crippen molar-refractivity contribution in [3.05, 3.63) is 83.6 Å². The SMILES string of the molecule is COc1ccccc1C(NC(=O)Cc1ccccc1)c1nc(C(=O)N2CCCCC2)co1. The fourth-order valence-electron chi connectivity index (χ4n) is 3.95. The summed E-state index contributed by atoms with van der Waals surface area (Å²) in [5, 5.41) is 3.00. The van der Waals surface area contributed by atoms with E-state index in [1.807, 2.05) is 54.6 Å². The first-order valence-electron chi connectivity index (χ1n) is 10.9. The first-order valence-corrected chi connectivity index (χ1v) is 10.9. The molecule has 32 heavy (non-hydrogen) atoms. The van der Waals surface area contributed by atoms with Crippen LogP contribution in [0.4, 0.5) is 0 Å². The van der Waals surface area contributed by atoms with Gasteiger partial charge < -0.3 is 19.4 Å². The zero-order valence-corrected chi connectivity index (χ0v) is 18.1. The summed E-state index contributed by atoms with van der Waals surface area (Å²) in [6.07, 6.45) is 4.72. The molecule has 2 amide bonds. The highest BCUT2D eigenvalue weighted by molar-refractivity contribution is 5.92. The van der Waals surface area contributed by atoms with Crippen LogP contribution >= 0.6 is 0 Å². The fraction of sp³-hybridized carbons (Fsp3) is 0.320. The van der Waals surface area contributed by atoms with Crippen LogP contribution in [0.1, 0.15) is 52.8 Å². The Kier molecular flexibility index (Phi) is 6.84. The topological polar surface area (TPSA) is 84.7 Å². The Morgan fingerprint density at radius 1 is 1.06 bits per heavy atom. The largest absolute Gasteiger partial charge is 0.496 e. The molecule has 1 unspecified atom stereocenters. The predicted molar refractivity (Wildman–Crippen MR) is 119 cm³/mol. The monoisotopic (exact) mass is 433 g/mol. The summed E-state index contributed by atoms with van der Waals surface area (Å²) in [6.45, 7) is 1.45. The number of aromatic nitrogens is 1. The summed E-state index contributed by atoms with van der Waals surface area (Å²) in [5.41, 5.74) is 1.85. The quantitative estimate of drug-likeness (QED) is 0.613. The number of ether oxygens (including phenoxy) is 1. The van der Waals surface area contributed by atoms with Crippen LogP contribution in [0.3, 0.4) is 0 Å². The van der Waals surface area contributed by atoms with Gasteiger partial charge in [0.25, 0.3) is 5.91 Å². The number of likely N-dealkylation sites (tertiary alicyclic amines) is 1. The van der Waals surface area contributed by atoms with Crippen LogP contribution in [0, 0.1) is 0 Å². The Labute approximate surface area is 187 Å². The number of hydrogen-bond donors (Lipinski definition) is 1. The van der Waals surface area contributed by atoms with E-state index in [0.717, 1.165) is 37.9 Å². The molecule has 0 bridgehead atoms. The summed E-state index contributed by atoms with van der Waals surface area (Å²) in [5.74, 6) is 0.513. The standard InChI is InChI=1S/C25H27N3O4/c1-31-21-13-7-6-12-19(21)23(27-22(29)16-18-10-4-2-5-11-18)24-26-20(17-32-24)25(30)28-14-8-3-9-15-28/h2,4-7,10-13,17,23H,3,8-9,14-16H2,1H3,(H,27,29). The predicted octanol–water partition coefficient (Wildman–Crippen LogP) is 3.76. The van der Waals surface area contributed by atoms with E-state index in [2.05, 4.69) is 10.3 Å². The minimum atomic E-state index is -0.690. The van der Waals surface area contributed by atoms with Crippen molar-refractivity contribution in [1.29, 1.82) is 0 Å². The van der Waals surface area contributed by atoms with Crippen LogP contribution in [0.5, 0.6) is 5.75 Å². The molecule has 166 valence electrons. The second-order valence-electron chi connectivity index (χ2n) is 7.83. The van der Waals surface area contributed by atoms with Gasteiger partial charge in [-0.3, -0.25) is 9.59 Å². The fourth-order valence-corrected chi connectivity index (χ4v) is 3.95. The lowest BCUT2D eigenvalue weighted by molar-refractivity contribution is -0.121. The van der Waals surface area contributed by atoms with E-state index >= 15 is 0 Å². The zero-order chi connectivity index (χ0) is 22.3. The van der Waals surface area contributed by atoms with E-state index in [1.165, 1.54) is 6.26 Å². The number of rotatable bonds is 7. The molecule has 1 aromatic heterocycles. The lowest BCUT2D eigenvalue weighted by atomic mass is 10.0. The van der Waals surface area contributed by atoms with Crippen LogP contribution in [0.2, 0.25) is 0 Å². The Hall–Kier alpha value is -3.61. The van der Waals surface area contributed by atoms with E-state index in [0.29, 0.717) is 11.3 Å². The number of oxazole rings is 1. The van der Waals surface area contributed by atoms with Gasteiger partial charge in [-0.05, 0) is 30.9 Å². The molecule has 2 heterocycles. The average Bonchev–Trinajstić information content (AvgIpc) is 3.33. The molecule has 1 aliphatic heterocycles. The molecule has 1 atom stereocenters. The third-order valence-corrected chi connectivity index (χ3v) is 5.59. The van der Waals surface area contributed by atoms with E-state index < -0.39 is 6.04 Å². The third-order valence-electron chi connectivity index (χ3n) is 5.59. The van der Waals surface area contributed by atoms with Gasteiger partial charge in [-0.1, -0.05) is 48.5 Å². The molecular formula is C25H27N3O4. The number of carbonyl (C=O) groups excluding carboxylic acids is 2. The summed E-state index contributed by atoms with van der Waals surface area (Å²) >= 11 is 0. The maximum absolute atomic E-state index is 12.9. The first-order chi connectivity index (χ1) is 15.7. The molecule has 7 nitrogen and oxygen atoms in total. The molecule has 1 aliphatic rings. The average molecular weight is 434 g/mol. The molecule has 1 N–H and O–H groups in total. The number of benzene rings is 2. The van der Waals surface area contributed by atoms with Gasteiger partial charge in [-0.25, -0.2) is 4.98 Å². The first kappa shape index (κ1) is 21.6. The van der Waals surface area contributed by atoms with Crippen LogP contribution in [0.25, 0.3) is 0 Å². The number of nitrogens with zero attached hydrogens (tertiary/aromatic N) is 2. The van der Waals surface area contributed by atoms with Crippen molar-refractivity contribution in [3.63, 3.8) is 0 Å². The van der Waals surface area contributed by atoms with Gasteiger partial charge in [0.1, 0.15) is 18.1 Å². The molecule has 3 aromatic rings. The number of nitrogens with one attached hydrogen (secondary N) is 1. The van der Waals surface area contributed by atoms with E-state index in [4.69, 9.17) is 9.15 Å². The van der Waals surface area contributed by atoms with Crippen molar-refractivity contribution in [2.75, 3.05) is 20.2 Å². The number of amides is 2. The van der Waals surface area contributed by atoms with Gasteiger partial charge in [0.15, 0.2) is 5.69 Å². The molecule has 0 aliphatic carbocycles. The number of piperidine rings is 1. The third kappa shape index (κ3) is 4.99. The molecule has 7 heteroatoms. The normalized spacial score (nSPS) is 14.6. The lowest BCUT2D eigenvalue weighted by Crippen LogP contribution is -2.36. The zero-order valence-electron chi connectivity index (χ0n) is 18.1. The van der Waals surface area contributed by atoms with Gasteiger partial charge in [0.2, 0.25) is 11.8 Å². The number of carbonyl (C=O) groups is 2. The van der Waals surface area contributed by atoms with E-state index in [-0.39, 0.29) is 29.8 Å². The molecule has 4 rings (SSSR count). The highest BCUT2D eigenvalue weighted by Crippen LogP contribution is 2.30. The van der Waals surface area contributed by atoms with Gasteiger partial charge in [0, 0.05) is 18.7 Å². The molecule has 0 spiro atoms. The van der Waals surface area contributed by atoms with Crippen LogP contribution in [-0.4, -0.2) is 41.9 Å². The molecule has 1 fully saturated rings. The van der Waals surface area contributed by atoms with Crippen molar-refractivity contribution in [1.82, 2.24) is 15.2 Å². The molecule has 2 aromatic carbocycles. The van der Waals surface area contributed by atoms with Crippen LogP contribution < -0.4 is 10.1 Å². The van der Waals surface area contributed by atoms with Gasteiger partial charge in [-0.15, -0.1) is 0 Å². The van der Waals surface area contributed by atoms with Crippen molar-refractivity contribution < 1.29 is 18.7 Å². The highest BCUT2D eigenvalue weighted by Gasteiger charge is 2.28. The molecule has 1 saturated heterocycles. The molecule has 0 saturated carbocycles. The Morgan fingerprint density at radius 2 is 1.78 bits per heavy atom. The second kappa shape index (κ2) is 10.1.